The molecular weight excluding hydrogens is 322 g/mol. The van der Waals surface area contributed by atoms with Gasteiger partial charge < -0.3 is 4.90 Å². The molecule has 0 bridgehead atoms. The number of halogens is 1. The zero-order chi connectivity index (χ0) is 15.2. The van der Waals surface area contributed by atoms with Gasteiger partial charge in [-0.15, -0.1) is 0 Å². The van der Waals surface area contributed by atoms with E-state index in [1.54, 1.807) is 0 Å². The Hall–Kier alpha value is -0.500. The Morgan fingerprint density at radius 3 is 1.95 bits per heavy atom. The molecule has 0 heterocycles. The van der Waals surface area contributed by atoms with Gasteiger partial charge in [-0.1, -0.05) is 79.6 Å². The first-order valence-electron chi connectivity index (χ1n) is 8.74. The first-order valence-corrected chi connectivity index (χ1v) is 9.86. The molecule has 0 N–H and O–H groups in total. The molecule has 1 aromatic carbocycles. The van der Waals surface area contributed by atoms with Gasteiger partial charge in [0, 0.05) is 24.1 Å². The first-order chi connectivity index (χ1) is 10.4. The van der Waals surface area contributed by atoms with E-state index in [-0.39, 0.29) is 0 Å². The Labute approximate surface area is 140 Å². The topological polar surface area (TPSA) is 3.24 Å². The Bertz CT molecular complexity index is 326. The van der Waals surface area contributed by atoms with Crippen LogP contribution in [0.25, 0.3) is 0 Å². The third kappa shape index (κ3) is 9.18. The summed E-state index contributed by atoms with van der Waals surface area (Å²) in [5, 5.41) is 1.16. The third-order valence-electron chi connectivity index (χ3n) is 3.96. The molecule has 0 aliphatic carbocycles. The van der Waals surface area contributed by atoms with E-state index in [0.29, 0.717) is 0 Å². The number of nitrogens with zero attached hydrogens (tertiary/aromatic N) is 1. The van der Waals surface area contributed by atoms with Crippen molar-refractivity contribution < 1.29 is 0 Å². The number of hydrogen-bond acceptors (Lipinski definition) is 1. The van der Waals surface area contributed by atoms with Crippen molar-refractivity contribution in [1.29, 1.82) is 0 Å². The molecule has 0 saturated heterocycles. The summed E-state index contributed by atoms with van der Waals surface area (Å²) in [6, 6.07) is 10.9. The molecule has 0 spiro atoms. The maximum Gasteiger partial charge on any atom is 0.0366 e. The van der Waals surface area contributed by atoms with E-state index in [1.165, 1.54) is 76.6 Å². The van der Waals surface area contributed by atoms with Crippen molar-refractivity contribution in [3.05, 3.63) is 30.3 Å². The fourth-order valence-corrected chi connectivity index (χ4v) is 3.04. The maximum atomic E-state index is 3.50. The molecule has 0 amide bonds. The van der Waals surface area contributed by atoms with Crippen molar-refractivity contribution in [3.63, 3.8) is 0 Å². The lowest BCUT2D eigenvalue weighted by atomic mass is 10.1. The zero-order valence-corrected chi connectivity index (χ0v) is 15.3. The Balaban J connectivity index is 2.18. The van der Waals surface area contributed by atoms with Crippen LogP contribution in [-0.2, 0) is 0 Å². The smallest absolute Gasteiger partial charge is 0.0366 e. The van der Waals surface area contributed by atoms with E-state index in [2.05, 4.69) is 58.1 Å². The van der Waals surface area contributed by atoms with Crippen LogP contribution in [0.2, 0.25) is 0 Å². The monoisotopic (exact) mass is 353 g/mol. The van der Waals surface area contributed by atoms with E-state index >= 15 is 0 Å². The lowest BCUT2D eigenvalue weighted by Gasteiger charge is -2.24. The van der Waals surface area contributed by atoms with Gasteiger partial charge in [-0.25, -0.2) is 0 Å². The number of alkyl halides is 1. The van der Waals surface area contributed by atoms with Crippen LogP contribution in [0.3, 0.4) is 0 Å². The molecule has 0 saturated carbocycles. The lowest BCUT2D eigenvalue weighted by molar-refractivity contribution is 0.581. The normalized spacial score (nSPS) is 10.8. The average molecular weight is 354 g/mol. The van der Waals surface area contributed by atoms with Crippen molar-refractivity contribution in [3.8, 4) is 0 Å². The molecule has 0 unspecified atom stereocenters. The van der Waals surface area contributed by atoms with Crippen LogP contribution in [0.4, 0.5) is 5.69 Å². The van der Waals surface area contributed by atoms with Crippen molar-refractivity contribution in [1.82, 2.24) is 0 Å². The standard InChI is InChI=1S/C19H32BrN/c1-2-3-17-21(19-14-10-9-11-15-19)18-13-8-6-4-5-7-12-16-20/h9-11,14-15H,2-8,12-13,16-18H2,1H3. The molecule has 0 aromatic heterocycles. The van der Waals surface area contributed by atoms with Crippen molar-refractivity contribution in [2.45, 2.75) is 64.7 Å². The van der Waals surface area contributed by atoms with E-state index in [9.17, 15) is 0 Å². The summed E-state index contributed by atoms with van der Waals surface area (Å²) in [7, 11) is 0. The van der Waals surface area contributed by atoms with Gasteiger partial charge in [-0.3, -0.25) is 0 Å². The van der Waals surface area contributed by atoms with Gasteiger partial charge in [0.15, 0.2) is 0 Å². The molecule has 1 aromatic rings. The lowest BCUT2D eigenvalue weighted by Crippen LogP contribution is -2.25. The highest BCUT2D eigenvalue weighted by molar-refractivity contribution is 9.09. The molecule has 2 heteroatoms. The summed E-state index contributed by atoms with van der Waals surface area (Å²) in [6.45, 7) is 4.69. The van der Waals surface area contributed by atoms with Gasteiger partial charge in [0.05, 0.1) is 0 Å². The van der Waals surface area contributed by atoms with Crippen molar-refractivity contribution in [2.24, 2.45) is 0 Å². The fraction of sp³-hybridized carbons (Fsp3) is 0.684. The van der Waals surface area contributed by atoms with Gasteiger partial charge in [0.1, 0.15) is 0 Å². The highest BCUT2D eigenvalue weighted by atomic mass is 79.9. The Morgan fingerprint density at radius 2 is 1.33 bits per heavy atom. The van der Waals surface area contributed by atoms with Crippen LogP contribution in [-0.4, -0.2) is 18.4 Å². The number of benzene rings is 1. The van der Waals surface area contributed by atoms with Crippen molar-refractivity contribution >= 4 is 21.6 Å². The van der Waals surface area contributed by atoms with E-state index < -0.39 is 0 Å². The predicted molar refractivity (Wildman–Crippen MR) is 99.7 cm³/mol. The molecule has 1 nitrogen and oxygen atoms in total. The van der Waals surface area contributed by atoms with Crippen LogP contribution in [0.5, 0.6) is 0 Å². The van der Waals surface area contributed by atoms with E-state index in [4.69, 9.17) is 0 Å². The number of anilines is 1. The molecular formula is C19H32BrN. The average Bonchev–Trinajstić information content (AvgIpc) is 2.53. The summed E-state index contributed by atoms with van der Waals surface area (Å²) >= 11 is 3.50. The second-order valence-electron chi connectivity index (χ2n) is 5.84. The minimum absolute atomic E-state index is 1.16. The molecule has 0 radical (unpaired) electrons. The number of hydrogen-bond donors (Lipinski definition) is 0. The van der Waals surface area contributed by atoms with Gasteiger partial charge in [-0.05, 0) is 31.4 Å². The SMILES string of the molecule is CCCCN(CCCCCCCCCBr)c1ccccc1. The quantitative estimate of drug-likeness (QED) is 0.292. The molecule has 120 valence electrons. The highest BCUT2D eigenvalue weighted by Gasteiger charge is 2.04. The first kappa shape index (κ1) is 18.5. The minimum atomic E-state index is 1.16. The molecule has 0 fully saturated rings. The fourth-order valence-electron chi connectivity index (χ4n) is 2.64. The van der Waals surface area contributed by atoms with E-state index in [0.717, 1.165) is 5.33 Å². The van der Waals surface area contributed by atoms with Gasteiger partial charge >= 0.3 is 0 Å². The second kappa shape index (κ2) is 13.2. The van der Waals surface area contributed by atoms with Crippen LogP contribution in [0.15, 0.2) is 30.3 Å². The molecule has 1 rings (SSSR count). The molecule has 21 heavy (non-hydrogen) atoms. The third-order valence-corrected chi connectivity index (χ3v) is 4.53. The van der Waals surface area contributed by atoms with E-state index in [1.807, 2.05) is 0 Å². The van der Waals surface area contributed by atoms with Gasteiger partial charge in [0.25, 0.3) is 0 Å². The summed E-state index contributed by atoms with van der Waals surface area (Å²) in [5.41, 5.74) is 1.39. The predicted octanol–water partition coefficient (Wildman–Crippen LogP) is 6.42. The van der Waals surface area contributed by atoms with Crippen LogP contribution in [0.1, 0.15) is 64.7 Å². The molecule has 0 aliphatic rings. The molecule has 0 aliphatic heterocycles. The summed E-state index contributed by atoms with van der Waals surface area (Å²) in [6.07, 6.45) is 12.2. The Morgan fingerprint density at radius 1 is 0.762 bits per heavy atom. The van der Waals surface area contributed by atoms with Gasteiger partial charge in [0.2, 0.25) is 0 Å². The Kier molecular flexibility index (Phi) is 11.6. The second-order valence-corrected chi connectivity index (χ2v) is 6.63. The van der Waals surface area contributed by atoms with Gasteiger partial charge in [-0.2, -0.15) is 0 Å². The zero-order valence-electron chi connectivity index (χ0n) is 13.7. The largest absolute Gasteiger partial charge is 0.372 e. The molecule has 0 atom stereocenters. The summed E-state index contributed by atoms with van der Waals surface area (Å²) in [4.78, 5) is 2.56. The summed E-state index contributed by atoms with van der Waals surface area (Å²) < 4.78 is 0. The van der Waals surface area contributed by atoms with Crippen LogP contribution in [0, 0.1) is 0 Å². The van der Waals surface area contributed by atoms with Crippen LogP contribution >= 0.6 is 15.9 Å². The van der Waals surface area contributed by atoms with Crippen molar-refractivity contribution in [2.75, 3.05) is 23.3 Å². The number of rotatable bonds is 13. The summed E-state index contributed by atoms with van der Waals surface area (Å²) in [5.74, 6) is 0. The number of para-hydroxylation sites is 1. The maximum absolute atomic E-state index is 3.50. The minimum Gasteiger partial charge on any atom is -0.372 e. The van der Waals surface area contributed by atoms with Crippen LogP contribution < -0.4 is 4.90 Å². The number of unbranched alkanes of at least 4 members (excludes halogenated alkanes) is 7. The highest BCUT2D eigenvalue weighted by Crippen LogP contribution is 2.16.